The fourth-order valence-electron chi connectivity index (χ4n) is 5.77. The molecule has 1 N–H and O–H groups in total. The number of hydrogen-bond donors (Lipinski definition) is 1. The number of nitrogens with one attached hydrogen (secondary N) is 1. The van der Waals surface area contributed by atoms with Crippen molar-refractivity contribution in [2.45, 2.75) is 25.0 Å². The smallest absolute Gasteiger partial charge is 0.278 e. The van der Waals surface area contributed by atoms with Crippen LogP contribution in [0, 0.1) is 0 Å². The van der Waals surface area contributed by atoms with Crippen LogP contribution in [0.2, 0.25) is 0 Å². The number of hydrogen-bond acceptors (Lipinski definition) is 9. The summed E-state index contributed by atoms with van der Waals surface area (Å²) in [5.74, 6) is 0.911. The third-order valence-corrected chi connectivity index (χ3v) is 7.72. The van der Waals surface area contributed by atoms with Gasteiger partial charge in [0, 0.05) is 55.1 Å². The Balaban J connectivity index is 1.23. The van der Waals surface area contributed by atoms with Crippen LogP contribution in [0.5, 0.6) is 0 Å². The lowest BCUT2D eigenvalue weighted by molar-refractivity contribution is 0.292. The Bertz CT molecular complexity index is 1760. The molecule has 0 saturated carbocycles. The Morgan fingerprint density at radius 3 is 2.60 bits per heavy atom. The second-order valence-electron chi connectivity index (χ2n) is 10.2. The van der Waals surface area contributed by atoms with E-state index >= 15 is 0 Å². The average Bonchev–Trinajstić information content (AvgIpc) is 3.65. The van der Waals surface area contributed by atoms with Gasteiger partial charge in [0.25, 0.3) is 5.56 Å². The zero-order valence-electron chi connectivity index (χ0n) is 22.1. The summed E-state index contributed by atoms with van der Waals surface area (Å²) in [6, 6.07) is 15.1. The normalized spacial score (nSPS) is 18.5. The molecule has 4 aromatic heterocycles. The molecule has 1 aromatic carbocycles. The molecule has 7 rings (SSSR count). The highest BCUT2D eigenvalue weighted by Crippen LogP contribution is 2.34. The van der Waals surface area contributed by atoms with Gasteiger partial charge in [0.15, 0.2) is 11.5 Å². The van der Waals surface area contributed by atoms with E-state index in [9.17, 15) is 4.79 Å². The van der Waals surface area contributed by atoms with Crippen LogP contribution in [-0.4, -0.2) is 71.4 Å². The summed E-state index contributed by atoms with van der Waals surface area (Å²) in [6.45, 7) is 6.29. The van der Waals surface area contributed by atoms with Crippen molar-refractivity contribution in [1.29, 1.82) is 0 Å². The SMILES string of the molecule is C=CCn1c(=O)c2cnc(Nc3ccc(N4C[C@H]5C[C@@H]4CN5C)cc3)nc2n1-c1cccc(-c2cnccn2)n1. The number of nitrogens with zero attached hydrogens (tertiary/aromatic N) is 9. The van der Waals surface area contributed by atoms with Crippen molar-refractivity contribution in [3.63, 3.8) is 0 Å². The van der Waals surface area contributed by atoms with Gasteiger partial charge in [-0.25, -0.2) is 19.3 Å². The summed E-state index contributed by atoms with van der Waals surface area (Å²) in [6.07, 6.45) is 9.34. The van der Waals surface area contributed by atoms with Gasteiger partial charge in [0.1, 0.15) is 11.1 Å². The molecule has 11 nitrogen and oxygen atoms in total. The number of rotatable bonds is 7. The van der Waals surface area contributed by atoms with E-state index in [1.807, 2.05) is 30.3 Å². The lowest BCUT2D eigenvalue weighted by atomic mass is 10.2. The zero-order valence-corrected chi connectivity index (χ0v) is 22.1. The standard InChI is InChI=1S/C29H28N10O/c1-3-13-38-28(40)23-15-32-29(33-19-7-9-20(10-8-19)37-18-21-14-22(37)17-36(21)2)35-27(23)39(38)26-6-4-5-24(34-26)25-16-30-11-12-31-25/h3-12,15-16,21-22H,1,13-14,17-18H2,2H3,(H,32,33,35)/t21-,22-/m1/s1. The molecule has 2 aliphatic rings. The van der Waals surface area contributed by atoms with E-state index in [-0.39, 0.29) is 12.1 Å². The molecule has 2 aliphatic heterocycles. The number of benzene rings is 1. The number of piperazine rings is 1. The molecule has 11 heteroatoms. The molecular weight excluding hydrogens is 504 g/mol. The summed E-state index contributed by atoms with van der Waals surface area (Å²) < 4.78 is 3.25. The van der Waals surface area contributed by atoms with E-state index in [0.29, 0.717) is 46.3 Å². The molecule has 40 heavy (non-hydrogen) atoms. The molecule has 0 spiro atoms. The van der Waals surface area contributed by atoms with Gasteiger partial charge in [-0.15, -0.1) is 6.58 Å². The van der Waals surface area contributed by atoms with Crippen LogP contribution in [-0.2, 0) is 6.54 Å². The number of fused-ring (bicyclic) bond motifs is 3. The monoisotopic (exact) mass is 532 g/mol. The lowest BCUT2D eigenvalue weighted by Gasteiger charge is -2.33. The maximum atomic E-state index is 13.3. The minimum atomic E-state index is -0.219. The Morgan fingerprint density at radius 2 is 1.88 bits per heavy atom. The molecule has 2 atom stereocenters. The van der Waals surface area contributed by atoms with Crippen LogP contribution < -0.4 is 15.8 Å². The van der Waals surface area contributed by atoms with E-state index < -0.39 is 0 Å². The molecule has 6 heterocycles. The Hall–Kier alpha value is -4.90. The Morgan fingerprint density at radius 1 is 1.00 bits per heavy atom. The highest BCUT2D eigenvalue weighted by Gasteiger charge is 2.41. The predicted octanol–water partition coefficient (Wildman–Crippen LogP) is 3.26. The number of likely N-dealkylation sites (tertiary alicyclic amines) is 1. The molecular formula is C29H28N10O. The fourth-order valence-corrected chi connectivity index (χ4v) is 5.77. The van der Waals surface area contributed by atoms with Crippen LogP contribution in [0.25, 0.3) is 28.2 Å². The summed E-state index contributed by atoms with van der Waals surface area (Å²) in [5.41, 5.74) is 3.59. The van der Waals surface area contributed by atoms with Gasteiger partial charge in [0.2, 0.25) is 5.95 Å². The van der Waals surface area contributed by atoms with Crippen molar-refractivity contribution in [3.05, 3.63) is 90.3 Å². The highest BCUT2D eigenvalue weighted by molar-refractivity contribution is 5.77. The quantitative estimate of drug-likeness (QED) is 0.316. The van der Waals surface area contributed by atoms with E-state index in [2.05, 4.69) is 55.8 Å². The minimum absolute atomic E-state index is 0.219. The van der Waals surface area contributed by atoms with Gasteiger partial charge >= 0.3 is 0 Å². The topological polar surface area (TPSA) is 110 Å². The van der Waals surface area contributed by atoms with E-state index in [1.165, 1.54) is 12.1 Å². The van der Waals surface area contributed by atoms with Gasteiger partial charge in [-0.1, -0.05) is 12.1 Å². The highest BCUT2D eigenvalue weighted by atomic mass is 16.1. The van der Waals surface area contributed by atoms with Crippen molar-refractivity contribution < 1.29 is 0 Å². The van der Waals surface area contributed by atoms with Crippen LogP contribution in [0.4, 0.5) is 17.3 Å². The number of likely N-dealkylation sites (N-methyl/N-ethyl adjacent to an activating group) is 1. The number of anilines is 3. The van der Waals surface area contributed by atoms with E-state index in [4.69, 9.17) is 9.97 Å². The Labute approximate surface area is 230 Å². The summed E-state index contributed by atoms with van der Waals surface area (Å²) in [4.78, 5) is 40.7. The van der Waals surface area contributed by atoms with E-state index in [0.717, 1.165) is 18.8 Å². The first-order valence-electron chi connectivity index (χ1n) is 13.3. The molecule has 2 saturated heterocycles. The predicted molar refractivity (Wildman–Crippen MR) is 154 cm³/mol. The summed E-state index contributed by atoms with van der Waals surface area (Å²) in [7, 11) is 2.21. The van der Waals surface area contributed by atoms with Gasteiger partial charge in [-0.05, 0) is 49.9 Å². The lowest BCUT2D eigenvalue weighted by Crippen LogP contribution is -2.44. The van der Waals surface area contributed by atoms with Crippen LogP contribution in [0.3, 0.4) is 0 Å². The van der Waals surface area contributed by atoms with E-state index in [1.54, 1.807) is 40.2 Å². The van der Waals surface area contributed by atoms with Crippen LogP contribution in [0.15, 0.2) is 84.7 Å². The third kappa shape index (κ3) is 4.11. The van der Waals surface area contributed by atoms with Crippen LogP contribution >= 0.6 is 0 Å². The Kier molecular flexibility index (Phi) is 5.85. The third-order valence-electron chi connectivity index (χ3n) is 7.72. The molecule has 5 aromatic rings. The number of allylic oxidation sites excluding steroid dienone is 1. The maximum absolute atomic E-state index is 13.3. The van der Waals surface area contributed by atoms with Crippen molar-refractivity contribution in [3.8, 4) is 17.2 Å². The zero-order chi connectivity index (χ0) is 27.2. The first-order chi connectivity index (χ1) is 19.6. The molecule has 2 fully saturated rings. The second kappa shape index (κ2) is 9.69. The van der Waals surface area contributed by atoms with Gasteiger partial charge in [0.05, 0.1) is 18.4 Å². The number of pyridine rings is 1. The minimum Gasteiger partial charge on any atom is -0.366 e. The molecule has 0 aliphatic carbocycles. The first-order valence-corrected chi connectivity index (χ1v) is 13.3. The van der Waals surface area contributed by atoms with Crippen LogP contribution in [0.1, 0.15) is 6.42 Å². The summed E-state index contributed by atoms with van der Waals surface area (Å²) >= 11 is 0. The van der Waals surface area contributed by atoms with Crippen molar-refractivity contribution in [2.75, 3.05) is 30.4 Å². The number of aromatic nitrogens is 7. The molecule has 2 bridgehead atoms. The largest absolute Gasteiger partial charge is 0.366 e. The second-order valence-corrected chi connectivity index (χ2v) is 10.2. The maximum Gasteiger partial charge on any atom is 0.278 e. The van der Waals surface area contributed by atoms with Crippen molar-refractivity contribution in [2.24, 2.45) is 0 Å². The average molecular weight is 533 g/mol. The molecule has 0 unspecified atom stereocenters. The molecule has 0 amide bonds. The molecule has 200 valence electrons. The van der Waals surface area contributed by atoms with Crippen molar-refractivity contribution in [1.82, 2.24) is 39.2 Å². The van der Waals surface area contributed by atoms with Gasteiger partial charge < -0.3 is 10.2 Å². The molecule has 0 radical (unpaired) electrons. The first kappa shape index (κ1) is 24.2. The van der Waals surface area contributed by atoms with Gasteiger partial charge in [-0.3, -0.25) is 19.7 Å². The summed E-state index contributed by atoms with van der Waals surface area (Å²) in [5, 5.41) is 3.69. The van der Waals surface area contributed by atoms with Crippen molar-refractivity contribution >= 4 is 28.4 Å². The fraction of sp³-hybridized carbons (Fsp3) is 0.241. The van der Waals surface area contributed by atoms with Gasteiger partial charge in [-0.2, -0.15) is 4.98 Å².